The predicted molar refractivity (Wildman–Crippen MR) is 587 cm³/mol. The van der Waals surface area contributed by atoms with Gasteiger partial charge in [0.2, 0.25) is 0 Å². The van der Waals surface area contributed by atoms with Crippen LogP contribution in [-0.2, 0) is 6.42 Å². The molecule has 13 aromatic rings. The Bertz CT molecular complexity index is 6500. The Balaban J connectivity index is 0.000000132. The van der Waals surface area contributed by atoms with Gasteiger partial charge in [0.05, 0.1) is 30.2 Å². The molecule has 7 aliphatic rings. The maximum absolute atomic E-state index is 13.3. The number of hydrogen-bond donors (Lipinski definition) is 4. The van der Waals surface area contributed by atoms with E-state index in [0.717, 1.165) is 121 Å². The van der Waals surface area contributed by atoms with Crippen molar-refractivity contribution in [2.45, 2.75) is 283 Å². The van der Waals surface area contributed by atoms with Gasteiger partial charge in [0.15, 0.2) is 5.75 Å². The topological polar surface area (TPSA) is 151 Å². The number of carbonyl (C=O) groups excluding carboxylic acids is 4. The van der Waals surface area contributed by atoms with Crippen molar-refractivity contribution >= 4 is 73.9 Å². The van der Waals surface area contributed by atoms with Crippen molar-refractivity contribution in [3.63, 3.8) is 0 Å². The molecule has 0 spiro atoms. The highest BCUT2D eigenvalue weighted by Gasteiger charge is 2.36. The van der Waals surface area contributed by atoms with Crippen LogP contribution < -0.4 is 45.3 Å². The molecule has 0 bridgehead atoms. The van der Waals surface area contributed by atoms with Crippen LogP contribution in [0, 0.1) is 23.7 Å². The van der Waals surface area contributed by atoms with Crippen LogP contribution in [0.2, 0.25) is 0 Å². The lowest BCUT2D eigenvalue weighted by atomic mass is 9.77. The summed E-state index contributed by atoms with van der Waals surface area (Å²) in [6.45, 7) is 20.4. The zero-order valence-electron chi connectivity index (χ0n) is 85.7. The van der Waals surface area contributed by atoms with Gasteiger partial charge >= 0.3 is 18.4 Å². The highest BCUT2D eigenvalue weighted by molar-refractivity contribution is 6.15. The number of carbonyl (C=O) groups is 4. The minimum absolute atomic E-state index is 0.0122. The smallest absolute Gasteiger partial charge is 0.487 e. The lowest BCUT2D eigenvalue weighted by molar-refractivity contribution is -0.274. The molecule has 0 radical (unpaired) electrons. The Hall–Kier alpha value is -13.0. The number of amides is 6. The second-order valence-corrected chi connectivity index (χ2v) is 41.8. The van der Waals surface area contributed by atoms with Gasteiger partial charge in [-0.3, -0.25) is 19.4 Å². The lowest BCUT2D eigenvalue weighted by Gasteiger charge is -2.35. The number of hydrogen-bond acceptors (Lipinski definition) is 7. The van der Waals surface area contributed by atoms with Crippen molar-refractivity contribution in [2.24, 2.45) is 23.7 Å². The first-order valence-electron chi connectivity index (χ1n) is 53.9. The fourth-order valence-electron chi connectivity index (χ4n) is 23.3. The molecule has 13 aromatic carbocycles. The largest absolute Gasteiger partial charge is 0.573 e. The van der Waals surface area contributed by atoms with Gasteiger partial charge in [-0.2, -0.15) is 0 Å². The quantitative estimate of drug-likeness (QED) is 0.0559. The summed E-state index contributed by atoms with van der Waals surface area (Å²) in [4.78, 5) is 56.1. The Morgan fingerprint density at radius 1 is 0.361 bits per heavy atom. The van der Waals surface area contributed by atoms with Crippen molar-refractivity contribution in [2.75, 3.05) is 38.8 Å². The summed E-state index contributed by atoms with van der Waals surface area (Å²) in [7, 11) is 0. The van der Waals surface area contributed by atoms with Gasteiger partial charge < -0.3 is 35.5 Å². The molecule has 16 heteroatoms. The number of aryl methyl sites for hydroxylation is 1. The van der Waals surface area contributed by atoms with Crippen LogP contribution in [0.25, 0.3) is 66.1 Å². The molecular weight excluding hydrogens is 1790 g/mol. The molecule has 0 saturated heterocycles. The number of halogens is 3. The summed E-state index contributed by atoms with van der Waals surface area (Å²) >= 11 is 0. The Morgan fingerprint density at radius 2 is 0.715 bits per heavy atom. The van der Waals surface area contributed by atoms with Crippen molar-refractivity contribution in [3.8, 4) is 61.8 Å². The van der Waals surface area contributed by atoms with E-state index in [1.807, 2.05) is 97.6 Å². The van der Waals surface area contributed by atoms with Gasteiger partial charge in [-0.05, 0) is 361 Å². The van der Waals surface area contributed by atoms with E-state index in [1.165, 1.54) is 221 Å². The molecule has 2 heterocycles. The number of fused-ring (bicyclic) bond motifs is 4. The van der Waals surface area contributed by atoms with E-state index in [1.54, 1.807) is 0 Å². The first kappa shape index (κ1) is 103. The number of para-hydroxylation sites is 4. The third-order valence-electron chi connectivity index (χ3n) is 32.1. The molecule has 20 rings (SSSR count). The van der Waals surface area contributed by atoms with Crippen LogP contribution in [0.1, 0.15) is 307 Å². The minimum atomic E-state index is -4.87. The van der Waals surface area contributed by atoms with E-state index in [9.17, 15) is 32.3 Å². The lowest BCUT2D eigenvalue weighted by Crippen LogP contribution is -2.50. The summed E-state index contributed by atoms with van der Waals surface area (Å²) in [5.74, 6) is 7.48. The average Bonchev–Trinajstić information content (AvgIpc) is 0.792. The van der Waals surface area contributed by atoms with Gasteiger partial charge in [-0.25, -0.2) is 9.59 Å². The van der Waals surface area contributed by atoms with E-state index in [-0.39, 0.29) is 42.3 Å². The van der Waals surface area contributed by atoms with Crippen molar-refractivity contribution in [3.05, 3.63) is 324 Å². The van der Waals surface area contributed by atoms with Crippen LogP contribution in [0.4, 0.5) is 51.2 Å². The normalized spacial score (nSPS) is 20.5. The number of benzene rings is 13. The number of anilines is 5. The molecule has 750 valence electrons. The number of rotatable bonds is 21. The third-order valence-corrected chi connectivity index (χ3v) is 32.1. The molecule has 2 atom stereocenters. The van der Waals surface area contributed by atoms with Crippen LogP contribution in [0.5, 0.6) is 17.2 Å². The molecule has 5 fully saturated rings. The highest BCUT2D eigenvalue weighted by atomic mass is 19.4. The van der Waals surface area contributed by atoms with Crippen LogP contribution in [-0.4, -0.2) is 61.6 Å². The van der Waals surface area contributed by atoms with Crippen LogP contribution >= 0.6 is 0 Å². The average molecular weight is 1940 g/mol. The highest BCUT2D eigenvalue weighted by Crippen LogP contribution is 2.47. The molecule has 2 unspecified atom stereocenters. The molecule has 6 amide bonds. The number of nitrogens with one attached hydrogen (secondary N) is 4. The molecule has 13 nitrogen and oxygen atoms in total. The zero-order chi connectivity index (χ0) is 100. The van der Waals surface area contributed by atoms with Crippen molar-refractivity contribution in [1.82, 2.24) is 5.32 Å². The van der Waals surface area contributed by atoms with Crippen LogP contribution in [0.3, 0.4) is 0 Å². The van der Waals surface area contributed by atoms with Crippen molar-refractivity contribution < 1.29 is 46.6 Å². The number of ether oxygens (including phenoxy) is 3. The van der Waals surface area contributed by atoms with Gasteiger partial charge in [-0.1, -0.05) is 300 Å². The minimum Gasteiger partial charge on any atom is -0.487 e. The maximum Gasteiger partial charge on any atom is 0.573 e. The Morgan fingerprint density at radius 3 is 1.11 bits per heavy atom. The zero-order valence-corrected chi connectivity index (χ0v) is 85.7. The SMILES string of the molecule is CCC1CCC(c2ccc(-c3ccc4c(C(=O)Nc5ccccc5C(C)C)cccc4c3)cc2)CC1.CCC1CCC(c2ccc(-c3ccc4c(c3)OC(C)CN4C(=O)NC3CCCCC3)cc2)CC1.CCC1CCC(c2ccc(-c3ccc4c(c3)OC(C)CN4C(=O)Nc3ccccc3OC(F)(F)F)cc2)CC1.CCc1ccccc1NC(=O)c1cccc2cc(-c3ccc(C4CCC(CC)CC4)cc3)ccc12. The van der Waals surface area contributed by atoms with E-state index in [0.29, 0.717) is 64.7 Å². The van der Waals surface area contributed by atoms with Crippen LogP contribution in [0.15, 0.2) is 279 Å². The van der Waals surface area contributed by atoms with Gasteiger partial charge in [0.25, 0.3) is 11.8 Å². The molecule has 144 heavy (non-hydrogen) atoms. The molecule has 5 saturated carbocycles. The Labute approximate surface area is 851 Å². The summed E-state index contributed by atoms with van der Waals surface area (Å²) in [6, 6.07) is 94.3. The first-order valence-corrected chi connectivity index (χ1v) is 53.9. The molecule has 5 aliphatic carbocycles. The summed E-state index contributed by atoms with van der Waals surface area (Å²) < 4.78 is 54.8. The molecular formula is C128H145F3N6O7. The fraction of sp³-hybridized carbons (Fsp3) is 0.391. The summed E-state index contributed by atoms with van der Waals surface area (Å²) in [5.41, 5.74) is 21.8. The number of nitrogens with zero attached hydrogens (tertiary/aromatic N) is 2. The van der Waals surface area contributed by atoms with Gasteiger partial charge in [-0.15, -0.1) is 13.2 Å². The van der Waals surface area contributed by atoms with E-state index >= 15 is 0 Å². The molecule has 2 aliphatic heterocycles. The molecule has 0 aromatic heterocycles. The number of urea groups is 2. The fourth-order valence-corrected chi connectivity index (χ4v) is 23.3. The van der Waals surface area contributed by atoms with Crippen molar-refractivity contribution in [1.29, 1.82) is 0 Å². The Kier molecular flexibility index (Phi) is 34.3. The monoisotopic (exact) mass is 1940 g/mol. The second kappa shape index (κ2) is 48.2. The predicted octanol–water partition coefficient (Wildman–Crippen LogP) is 35.0. The number of alkyl halides is 3. The van der Waals surface area contributed by atoms with Gasteiger partial charge in [0, 0.05) is 28.5 Å². The molecule has 4 N–H and O–H groups in total. The third kappa shape index (κ3) is 25.7. The standard InChI is InChI=1S/C34H37NO.C33H35NO.C31H33F3N2O3.C30H40N2O2/c1-4-24-12-14-25(15-13-24)26-16-18-27(19-17-26)28-20-21-31-29(22-28)8-7-10-32(31)34(36)35-33-11-6-5-9-30(33)23(2)3;1-3-23-12-14-25(15-13-23)26-16-18-27(19-17-26)28-20-21-30-29(22-28)9-7-10-31(30)33(35)34-32-11-6-5-8-24(32)4-2;1-3-21-8-10-22(11-9-21)23-12-14-24(15-13-23)25-16-17-27-29(18-25)38-20(2)19-36(27)30(37)35-26-6-4-5-7-28(26)39-31(32,33)34;1-3-22-9-11-23(12-10-22)24-13-15-25(16-14-24)26-17-18-28-29(19-26)34-21(2)20-32(28)30(33)31-27-7-5-4-6-8-27/h5-11,16-25H,4,12-15H2,1-3H3,(H,35,36);5-11,16-23,25H,3-4,12-15H2,1-2H3,(H,34,35);4-7,12-18,20-22H,3,8-11,19H2,1-2H3,(H,35,37);13-19,21-23,27H,3-12,20H2,1-2H3,(H,31,33). The van der Waals surface area contributed by atoms with Gasteiger partial charge in [0.1, 0.15) is 23.7 Å². The maximum atomic E-state index is 13.3. The first-order chi connectivity index (χ1) is 70.0. The van der Waals surface area contributed by atoms with E-state index in [4.69, 9.17) is 9.47 Å². The summed E-state index contributed by atoms with van der Waals surface area (Å²) in [6.07, 6.45) is 28.0. The second-order valence-electron chi connectivity index (χ2n) is 41.8. The van der Waals surface area contributed by atoms with E-state index < -0.39 is 18.1 Å². The van der Waals surface area contributed by atoms with E-state index in [2.05, 4.69) is 250 Å². The summed E-state index contributed by atoms with van der Waals surface area (Å²) in [5, 5.41) is 16.2.